The number of ether oxygens (including phenoxy) is 1. The molecule has 0 spiro atoms. The zero-order chi connectivity index (χ0) is 12.7. The molecule has 3 N–H and O–H groups in total. The second-order valence-corrected chi connectivity index (χ2v) is 3.98. The van der Waals surface area contributed by atoms with E-state index >= 15 is 0 Å². The van der Waals surface area contributed by atoms with E-state index in [-0.39, 0.29) is 12.0 Å². The standard InChI is InChI=1S/C10H20N2O4/c1-6(2)8(5-16-4)12-10(15)11-7(3)9(13)14/h6-8H,5H2,1-4H3,(H,13,14)(H2,11,12,15)/t7-,8?/m1/s1. The van der Waals surface area contributed by atoms with E-state index in [2.05, 4.69) is 10.6 Å². The Morgan fingerprint density at radius 1 is 1.25 bits per heavy atom. The van der Waals surface area contributed by atoms with Gasteiger partial charge >= 0.3 is 12.0 Å². The van der Waals surface area contributed by atoms with E-state index in [1.807, 2.05) is 13.8 Å². The number of nitrogens with one attached hydrogen (secondary N) is 2. The first-order valence-corrected chi connectivity index (χ1v) is 5.17. The van der Waals surface area contributed by atoms with Crippen molar-refractivity contribution in [2.75, 3.05) is 13.7 Å². The summed E-state index contributed by atoms with van der Waals surface area (Å²) in [4.78, 5) is 21.9. The number of methoxy groups -OCH3 is 1. The molecule has 1 unspecified atom stereocenters. The molecule has 6 nitrogen and oxygen atoms in total. The zero-order valence-corrected chi connectivity index (χ0v) is 10.1. The molecule has 0 fully saturated rings. The Hall–Kier alpha value is -1.30. The van der Waals surface area contributed by atoms with E-state index in [9.17, 15) is 9.59 Å². The van der Waals surface area contributed by atoms with Gasteiger partial charge in [0.05, 0.1) is 12.6 Å². The maximum atomic E-state index is 11.4. The van der Waals surface area contributed by atoms with Gasteiger partial charge in [-0.05, 0) is 12.8 Å². The van der Waals surface area contributed by atoms with E-state index in [4.69, 9.17) is 9.84 Å². The molecule has 0 aliphatic carbocycles. The lowest BCUT2D eigenvalue weighted by atomic mass is 10.1. The quantitative estimate of drug-likeness (QED) is 0.619. The highest BCUT2D eigenvalue weighted by atomic mass is 16.5. The molecule has 0 aromatic heterocycles. The van der Waals surface area contributed by atoms with Crippen LogP contribution < -0.4 is 10.6 Å². The summed E-state index contributed by atoms with van der Waals surface area (Å²) in [5.41, 5.74) is 0. The molecule has 0 bridgehead atoms. The summed E-state index contributed by atoms with van der Waals surface area (Å²) < 4.78 is 4.96. The van der Waals surface area contributed by atoms with Crippen LogP contribution in [0.2, 0.25) is 0 Å². The highest BCUT2D eigenvalue weighted by Gasteiger charge is 2.19. The molecule has 0 radical (unpaired) electrons. The Morgan fingerprint density at radius 2 is 1.81 bits per heavy atom. The number of hydrogen-bond acceptors (Lipinski definition) is 3. The summed E-state index contributed by atoms with van der Waals surface area (Å²) in [6.45, 7) is 5.70. The van der Waals surface area contributed by atoms with Crippen LogP contribution in [0.1, 0.15) is 20.8 Å². The van der Waals surface area contributed by atoms with Crippen molar-refractivity contribution in [1.82, 2.24) is 10.6 Å². The van der Waals surface area contributed by atoms with Crippen molar-refractivity contribution in [1.29, 1.82) is 0 Å². The third-order valence-corrected chi connectivity index (χ3v) is 2.19. The van der Waals surface area contributed by atoms with Crippen LogP contribution in [0.4, 0.5) is 4.79 Å². The molecule has 0 aliphatic heterocycles. The van der Waals surface area contributed by atoms with Crippen LogP contribution in [-0.4, -0.2) is 42.9 Å². The van der Waals surface area contributed by atoms with E-state index in [1.54, 1.807) is 7.11 Å². The lowest BCUT2D eigenvalue weighted by molar-refractivity contribution is -0.138. The summed E-state index contributed by atoms with van der Waals surface area (Å²) in [6, 6.07) is -1.54. The number of carboxylic acid groups (broad SMARTS) is 1. The molecule has 0 aromatic carbocycles. The van der Waals surface area contributed by atoms with E-state index < -0.39 is 18.0 Å². The molecule has 0 rings (SSSR count). The molecule has 2 atom stereocenters. The predicted molar refractivity (Wildman–Crippen MR) is 59.3 cm³/mol. The van der Waals surface area contributed by atoms with E-state index in [1.165, 1.54) is 6.92 Å². The number of carboxylic acids is 1. The van der Waals surface area contributed by atoms with Gasteiger partial charge in [0.1, 0.15) is 6.04 Å². The van der Waals surface area contributed by atoms with Crippen molar-refractivity contribution < 1.29 is 19.4 Å². The van der Waals surface area contributed by atoms with Gasteiger partial charge in [-0.25, -0.2) is 4.79 Å². The van der Waals surface area contributed by atoms with Crippen LogP contribution in [0, 0.1) is 5.92 Å². The predicted octanol–water partition coefficient (Wildman–Crippen LogP) is 0.430. The Morgan fingerprint density at radius 3 is 2.19 bits per heavy atom. The highest BCUT2D eigenvalue weighted by Crippen LogP contribution is 2.01. The van der Waals surface area contributed by atoms with Crippen molar-refractivity contribution in [3.8, 4) is 0 Å². The van der Waals surface area contributed by atoms with Gasteiger partial charge in [-0.15, -0.1) is 0 Å². The van der Waals surface area contributed by atoms with Crippen LogP contribution in [0.15, 0.2) is 0 Å². The van der Waals surface area contributed by atoms with Crippen molar-refractivity contribution >= 4 is 12.0 Å². The monoisotopic (exact) mass is 232 g/mol. The summed E-state index contributed by atoms with van der Waals surface area (Å²) in [7, 11) is 1.55. The number of carbonyl (C=O) groups is 2. The van der Waals surface area contributed by atoms with Crippen molar-refractivity contribution in [2.45, 2.75) is 32.9 Å². The van der Waals surface area contributed by atoms with Gasteiger partial charge in [0.25, 0.3) is 0 Å². The molecule has 0 heterocycles. The summed E-state index contributed by atoms with van der Waals surface area (Å²) in [5.74, 6) is -0.853. The molecule has 6 heteroatoms. The van der Waals surface area contributed by atoms with Crippen LogP contribution in [-0.2, 0) is 9.53 Å². The first-order valence-electron chi connectivity index (χ1n) is 5.17. The second kappa shape index (κ2) is 7.05. The van der Waals surface area contributed by atoms with Crippen molar-refractivity contribution in [2.24, 2.45) is 5.92 Å². The third-order valence-electron chi connectivity index (χ3n) is 2.19. The minimum Gasteiger partial charge on any atom is -0.480 e. The fraction of sp³-hybridized carbons (Fsp3) is 0.800. The number of aliphatic carboxylic acids is 1. The SMILES string of the molecule is COCC(NC(=O)N[C@H](C)C(=O)O)C(C)C. The fourth-order valence-corrected chi connectivity index (χ4v) is 1.05. The van der Waals surface area contributed by atoms with Crippen LogP contribution in [0.25, 0.3) is 0 Å². The van der Waals surface area contributed by atoms with Gasteiger partial charge in [0.15, 0.2) is 0 Å². The molecular weight excluding hydrogens is 212 g/mol. The van der Waals surface area contributed by atoms with Gasteiger partial charge in [-0.2, -0.15) is 0 Å². The Labute approximate surface area is 95.4 Å². The number of hydrogen-bond donors (Lipinski definition) is 3. The minimum absolute atomic E-state index is 0.133. The lowest BCUT2D eigenvalue weighted by Gasteiger charge is -2.22. The van der Waals surface area contributed by atoms with Gasteiger partial charge in [-0.1, -0.05) is 13.8 Å². The topological polar surface area (TPSA) is 87.7 Å². The number of amides is 2. The summed E-state index contributed by atoms with van der Waals surface area (Å²) in [6.07, 6.45) is 0. The molecule has 0 saturated carbocycles. The number of urea groups is 1. The maximum absolute atomic E-state index is 11.4. The van der Waals surface area contributed by atoms with Gasteiger partial charge in [0, 0.05) is 7.11 Å². The number of rotatable bonds is 6. The molecular formula is C10H20N2O4. The Bertz CT molecular complexity index is 243. The second-order valence-electron chi connectivity index (χ2n) is 3.98. The third kappa shape index (κ3) is 5.55. The molecule has 0 aromatic rings. The molecule has 2 amide bonds. The highest BCUT2D eigenvalue weighted by molar-refractivity contribution is 5.82. The largest absolute Gasteiger partial charge is 0.480 e. The minimum atomic E-state index is -1.07. The smallest absolute Gasteiger partial charge is 0.325 e. The average molecular weight is 232 g/mol. The maximum Gasteiger partial charge on any atom is 0.325 e. The van der Waals surface area contributed by atoms with Crippen molar-refractivity contribution in [3.05, 3.63) is 0 Å². The van der Waals surface area contributed by atoms with E-state index in [0.717, 1.165) is 0 Å². The molecule has 16 heavy (non-hydrogen) atoms. The zero-order valence-electron chi connectivity index (χ0n) is 10.1. The molecule has 0 saturated heterocycles. The van der Waals surface area contributed by atoms with Crippen LogP contribution in [0.5, 0.6) is 0 Å². The molecule has 0 aliphatic rings. The summed E-state index contributed by atoms with van der Waals surface area (Å²) >= 11 is 0. The molecule has 94 valence electrons. The lowest BCUT2D eigenvalue weighted by Crippen LogP contribution is -2.50. The average Bonchev–Trinajstić information content (AvgIpc) is 2.16. The van der Waals surface area contributed by atoms with Crippen LogP contribution >= 0.6 is 0 Å². The first kappa shape index (κ1) is 14.7. The number of carbonyl (C=O) groups excluding carboxylic acids is 1. The normalized spacial score (nSPS) is 14.3. The Balaban J connectivity index is 4.14. The fourth-order valence-electron chi connectivity index (χ4n) is 1.05. The summed E-state index contributed by atoms with van der Waals surface area (Å²) in [5, 5.41) is 13.6. The van der Waals surface area contributed by atoms with Crippen LogP contribution in [0.3, 0.4) is 0 Å². The van der Waals surface area contributed by atoms with Crippen molar-refractivity contribution in [3.63, 3.8) is 0 Å². The van der Waals surface area contributed by atoms with E-state index in [0.29, 0.717) is 6.61 Å². The van der Waals surface area contributed by atoms with Gasteiger partial charge in [0.2, 0.25) is 0 Å². The van der Waals surface area contributed by atoms with Gasteiger partial charge in [-0.3, -0.25) is 4.79 Å². The van der Waals surface area contributed by atoms with Gasteiger partial charge < -0.3 is 20.5 Å². The Kier molecular flexibility index (Phi) is 6.48. The first-order chi connectivity index (χ1) is 7.38.